The third kappa shape index (κ3) is 5.01. The van der Waals surface area contributed by atoms with Crippen LogP contribution in [0.5, 0.6) is 5.75 Å². The average molecular weight is 418 g/mol. The number of carbonyl (C=O) groups excluding carboxylic acids is 2. The molecular formula is C17H12BrN3O3S. The molecule has 1 amide bonds. The summed E-state index contributed by atoms with van der Waals surface area (Å²) in [6, 6.07) is 13.8. The van der Waals surface area contributed by atoms with E-state index in [-0.39, 0.29) is 5.91 Å². The van der Waals surface area contributed by atoms with Crippen LogP contribution >= 0.6 is 27.7 Å². The zero-order valence-corrected chi connectivity index (χ0v) is 15.2. The van der Waals surface area contributed by atoms with Gasteiger partial charge in [-0.15, -0.1) is 5.10 Å². The van der Waals surface area contributed by atoms with E-state index in [0.717, 1.165) is 10.0 Å². The molecule has 1 N–H and O–H groups in total. The highest BCUT2D eigenvalue weighted by Gasteiger charge is 2.15. The highest BCUT2D eigenvalue weighted by molar-refractivity contribution is 9.10. The number of hydrogen-bond donors (Lipinski definition) is 1. The molecule has 8 heteroatoms. The van der Waals surface area contributed by atoms with Gasteiger partial charge in [-0.2, -0.15) is 5.10 Å². The van der Waals surface area contributed by atoms with Crippen molar-refractivity contribution in [1.82, 2.24) is 5.32 Å². The second kappa shape index (κ2) is 8.09. The quantitative estimate of drug-likeness (QED) is 0.358. The number of carbonyl (C=O) groups is 2. The fourth-order valence-corrected chi connectivity index (χ4v) is 2.80. The molecule has 3 rings (SSSR count). The molecular weight excluding hydrogens is 406 g/mol. The molecule has 0 unspecified atom stereocenters. The topological polar surface area (TPSA) is 80.1 Å². The maximum atomic E-state index is 12.0. The Bertz CT molecular complexity index is 848. The van der Waals surface area contributed by atoms with Crippen LogP contribution in [-0.4, -0.2) is 29.0 Å². The van der Waals surface area contributed by atoms with Crippen LogP contribution in [0.25, 0.3) is 0 Å². The van der Waals surface area contributed by atoms with E-state index in [1.165, 1.54) is 11.8 Å². The van der Waals surface area contributed by atoms with Gasteiger partial charge in [0.1, 0.15) is 5.75 Å². The summed E-state index contributed by atoms with van der Waals surface area (Å²) < 4.78 is 6.21. The van der Waals surface area contributed by atoms with Crippen LogP contribution in [0.15, 0.2) is 63.2 Å². The lowest BCUT2D eigenvalue weighted by Gasteiger charge is -2.04. The number of amides is 1. The molecule has 126 valence electrons. The van der Waals surface area contributed by atoms with Crippen LogP contribution in [-0.2, 0) is 4.79 Å². The Hall–Kier alpha value is -2.45. The van der Waals surface area contributed by atoms with Gasteiger partial charge in [0.2, 0.25) is 5.91 Å². The summed E-state index contributed by atoms with van der Waals surface area (Å²) in [4.78, 5) is 23.1. The number of esters is 1. The number of halogens is 1. The second-order valence-electron chi connectivity index (χ2n) is 4.95. The van der Waals surface area contributed by atoms with Crippen LogP contribution < -0.4 is 10.1 Å². The standard InChI is InChI=1S/C17H12BrN3O3S/c18-13-5-3-12(4-6-13)16(23)24-14-7-1-11(2-8-14)9-19-21-17-20-15(22)10-25-17/h1-9H,10H2,(H,20,21,22). The Labute approximate surface area is 156 Å². The van der Waals surface area contributed by atoms with Gasteiger partial charge in [-0.05, 0) is 54.1 Å². The molecule has 0 bridgehead atoms. The third-order valence-corrected chi connectivity index (χ3v) is 4.50. The van der Waals surface area contributed by atoms with Crippen molar-refractivity contribution in [3.8, 4) is 5.75 Å². The molecule has 0 aromatic heterocycles. The molecule has 1 saturated heterocycles. The fraction of sp³-hybridized carbons (Fsp3) is 0.0588. The zero-order chi connectivity index (χ0) is 17.6. The summed E-state index contributed by atoms with van der Waals surface area (Å²) in [6.45, 7) is 0. The Morgan fingerprint density at radius 1 is 1.16 bits per heavy atom. The minimum absolute atomic E-state index is 0.0732. The highest BCUT2D eigenvalue weighted by atomic mass is 79.9. The Kier molecular flexibility index (Phi) is 5.62. The van der Waals surface area contributed by atoms with Crippen LogP contribution in [0.2, 0.25) is 0 Å². The predicted molar refractivity (Wildman–Crippen MR) is 101 cm³/mol. The normalized spacial score (nSPS) is 15.6. The first-order chi connectivity index (χ1) is 12.1. The van der Waals surface area contributed by atoms with Gasteiger partial charge < -0.3 is 10.1 Å². The van der Waals surface area contributed by atoms with Crippen molar-refractivity contribution < 1.29 is 14.3 Å². The maximum Gasteiger partial charge on any atom is 0.343 e. The van der Waals surface area contributed by atoms with Crippen LogP contribution in [0.1, 0.15) is 15.9 Å². The van der Waals surface area contributed by atoms with Gasteiger partial charge in [-0.25, -0.2) is 4.79 Å². The van der Waals surface area contributed by atoms with Gasteiger partial charge in [0.15, 0.2) is 5.17 Å². The lowest BCUT2D eigenvalue weighted by atomic mass is 10.2. The fourth-order valence-electron chi connectivity index (χ4n) is 1.90. The lowest BCUT2D eigenvalue weighted by molar-refractivity contribution is -0.116. The van der Waals surface area contributed by atoms with Gasteiger partial charge in [-0.1, -0.05) is 27.7 Å². The van der Waals surface area contributed by atoms with Crippen molar-refractivity contribution in [3.63, 3.8) is 0 Å². The Morgan fingerprint density at radius 2 is 1.88 bits per heavy atom. The summed E-state index contributed by atoms with van der Waals surface area (Å²) in [5.41, 5.74) is 1.27. The monoisotopic (exact) mass is 417 g/mol. The molecule has 1 aliphatic heterocycles. The number of benzene rings is 2. The second-order valence-corrected chi connectivity index (χ2v) is 6.83. The summed E-state index contributed by atoms with van der Waals surface area (Å²) >= 11 is 4.63. The first-order valence-electron chi connectivity index (χ1n) is 7.22. The van der Waals surface area contributed by atoms with E-state index >= 15 is 0 Å². The van der Waals surface area contributed by atoms with Gasteiger partial charge >= 0.3 is 5.97 Å². The summed E-state index contributed by atoms with van der Waals surface area (Å²) in [7, 11) is 0. The molecule has 1 heterocycles. The van der Waals surface area contributed by atoms with Gasteiger partial charge in [0, 0.05) is 4.47 Å². The number of rotatable bonds is 4. The van der Waals surface area contributed by atoms with Gasteiger partial charge in [0.25, 0.3) is 0 Å². The first-order valence-corrected chi connectivity index (χ1v) is 8.99. The van der Waals surface area contributed by atoms with Crippen molar-refractivity contribution >= 4 is 51.0 Å². The van der Waals surface area contributed by atoms with E-state index in [4.69, 9.17) is 4.74 Å². The number of amidine groups is 1. The molecule has 0 aliphatic carbocycles. The van der Waals surface area contributed by atoms with Gasteiger partial charge in [-0.3, -0.25) is 4.79 Å². The molecule has 2 aromatic carbocycles. The largest absolute Gasteiger partial charge is 0.423 e. The molecule has 25 heavy (non-hydrogen) atoms. The smallest absolute Gasteiger partial charge is 0.343 e. The number of hydrogen-bond acceptors (Lipinski definition) is 6. The van der Waals surface area contributed by atoms with Crippen molar-refractivity contribution in [2.45, 2.75) is 0 Å². The summed E-state index contributed by atoms with van der Waals surface area (Å²) in [5, 5.41) is 10.9. The summed E-state index contributed by atoms with van der Waals surface area (Å²) in [6.07, 6.45) is 1.55. The zero-order valence-electron chi connectivity index (χ0n) is 12.8. The van der Waals surface area contributed by atoms with Crippen molar-refractivity contribution in [2.75, 3.05) is 5.75 Å². The van der Waals surface area contributed by atoms with E-state index in [0.29, 0.717) is 22.2 Å². The molecule has 6 nitrogen and oxygen atoms in total. The minimum atomic E-state index is -0.422. The van der Waals surface area contributed by atoms with E-state index < -0.39 is 5.97 Å². The van der Waals surface area contributed by atoms with Crippen LogP contribution in [0.3, 0.4) is 0 Å². The number of ether oxygens (including phenoxy) is 1. The van der Waals surface area contributed by atoms with Crippen LogP contribution in [0.4, 0.5) is 0 Å². The summed E-state index contributed by atoms with van der Waals surface area (Å²) in [5.74, 6) is 0.312. The number of nitrogens with zero attached hydrogens (tertiary/aromatic N) is 2. The number of thioether (sulfide) groups is 1. The molecule has 2 aromatic rings. The molecule has 0 radical (unpaired) electrons. The predicted octanol–water partition coefficient (Wildman–Crippen LogP) is 3.22. The van der Waals surface area contributed by atoms with E-state index in [1.54, 1.807) is 54.7 Å². The average Bonchev–Trinajstić information content (AvgIpc) is 3.02. The van der Waals surface area contributed by atoms with Gasteiger partial charge in [0.05, 0.1) is 17.5 Å². The molecule has 1 aliphatic rings. The van der Waals surface area contributed by atoms with Crippen molar-refractivity contribution in [2.24, 2.45) is 10.2 Å². The van der Waals surface area contributed by atoms with Crippen molar-refractivity contribution in [1.29, 1.82) is 0 Å². The lowest BCUT2D eigenvalue weighted by Crippen LogP contribution is -2.19. The molecule has 0 spiro atoms. The SMILES string of the molecule is O=C1CSC(=NN=Cc2ccc(OC(=O)c3ccc(Br)cc3)cc2)N1. The molecule has 0 atom stereocenters. The van der Waals surface area contributed by atoms with E-state index in [1.807, 2.05) is 0 Å². The number of nitrogens with one attached hydrogen (secondary N) is 1. The molecule has 0 saturated carbocycles. The first kappa shape index (κ1) is 17.4. The van der Waals surface area contributed by atoms with E-state index in [2.05, 4.69) is 31.4 Å². The maximum absolute atomic E-state index is 12.0. The van der Waals surface area contributed by atoms with Crippen molar-refractivity contribution in [3.05, 3.63) is 64.1 Å². The third-order valence-electron chi connectivity index (χ3n) is 3.11. The highest BCUT2D eigenvalue weighted by Crippen LogP contribution is 2.16. The molecule has 1 fully saturated rings. The minimum Gasteiger partial charge on any atom is -0.423 e. The van der Waals surface area contributed by atoms with E-state index in [9.17, 15) is 9.59 Å². The van der Waals surface area contributed by atoms with Crippen LogP contribution in [0, 0.1) is 0 Å². The Morgan fingerprint density at radius 3 is 2.52 bits per heavy atom. The Balaban J connectivity index is 1.59.